The van der Waals surface area contributed by atoms with Crippen LogP contribution in [0.1, 0.15) is 126 Å². The third-order valence-electron chi connectivity index (χ3n) is 11.9. The Morgan fingerprint density at radius 1 is 0.938 bits per heavy atom. The highest BCUT2D eigenvalue weighted by molar-refractivity contribution is 5.38. The van der Waals surface area contributed by atoms with Gasteiger partial charge in [-0.1, -0.05) is 65.5 Å². The minimum absolute atomic E-state index is 0.0282. The van der Waals surface area contributed by atoms with E-state index in [9.17, 15) is 10.2 Å². The largest absolute Gasteiger partial charge is 0.393 e. The minimum Gasteiger partial charge on any atom is -0.393 e. The molecule has 0 heterocycles. The Morgan fingerprint density at radius 2 is 1.62 bits per heavy atom. The molecule has 0 aromatic carbocycles. The monoisotopic (exact) mass is 444 g/mol. The second kappa shape index (κ2) is 7.84. The minimum atomic E-state index is -0.534. The molecule has 4 aliphatic rings. The second-order valence-corrected chi connectivity index (χ2v) is 14.4. The average Bonchev–Trinajstić information content (AvgIpc) is 2.96. The van der Waals surface area contributed by atoms with Gasteiger partial charge in [-0.05, 0) is 111 Å². The predicted octanol–water partition coefficient (Wildman–Crippen LogP) is 7.67. The van der Waals surface area contributed by atoms with Crippen LogP contribution in [0.2, 0.25) is 0 Å². The van der Waals surface area contributed by atoms with E-state index in [1.165, 1.54) is 51.4 Å². The third-order valence-corrected chi connectivity index (χ3v) is 11.9. The van der Waals surface area contributed by atoms with Gasteiger partial charge in [0.05, 0.1) is 11.7 Å². The lowest BCUT2D eigenvalue weighted by Gasteiger charge is -2.62. The molecule has 2 fully saturated rings. The van der Waals surface area contributed by atoms with Crippen LogP contribution in [0.25, 0.3) is 0 Å². The van der Waals surface area contributed by atoms with Crippen LogP contribution in [-0.2, 0) is 0 Å². The van der Waals surface area contributed by atoms with Crippen molar-refractivity contribution in [3.8, 4) is 0 Å². The summed E-state index contributed by atoms with van der Waals surface area (Å²) >= 11 is 0. The first kappa shape index (κ1) is 24.8. The van der Waals surface area contributed by atoms with Crippen molar-refractivity contribution in [2.75, 3.05) is 0 Å². The van der Waals surface area contributed by atoms with E-state index in [-0.39, 0.29) is 16.9 Å². The zero-order valence-electron chi connectivity index (χ0n) is 22.5. The van der Waals surface area contributed by atoms with Crippen LogP contribution >= 0.6 is 0 Å². The summed E-state index contributed by atoms with van der Waals surface area (Å²) in [5.74, 6) is 2.16. The number of aliphatic hydroxyl groups is 2. The van der Waals surface area contributed by atoms with E-state index in [0.717, 1.165) is 31.1 Å². The lowest BCUT2D eigenvalue weighted by molar-refractivity contribution is -0.0962. The summed E-state index contributed by atoms with van der Waals surface area (Å²) in [5.41, 5.74) is 4.22. The predicted molar refractivity (Wildman–Crippen MR) is 134 cm³/mol. The highest BCUT2D eigenvalue weighted by atomic mass is 16.3. The zero-order chi connectivity index (χ0) is 23.7. The Labute approximate surface area is 198 Å². The van der Waals surface area contributed by atoms with Crippen molar-refractivity contribution >= 4 is 0 Å². The van der Waals surface area contributed by atoms with E-state index in [4.69, 9.17) is 0 Å². The highest BCUT2D eigenvalue weighted by Gasteiger charge is 2.63. The quantitative estimate of drug-likeness (QED) is 0.427. The van der Waals surface area contributed by atoms with Crippen LogP contribution in [0.5, 0.6) is 0 Å². The molecule has 0 aliphatic heterocycles. The number of hydrogen-bond acceptors (Lipinski definition) is 2. The molecule has 32 heavy (non-hydrogen) atoms. The van der Waals surface area contributed by atoms with E-state index in [0.29, 0.717) is 16.7 Å². The second-order valence-electron chi connectivity index (χ2n) is 14.4. The fourth-order valence-electron chi connectivity index (χ4n) is 9.69. The Balaban J connectivity index is 1.60. The summed E-state index contributed by atoms with van der Waals surface area (Å²) in [6, 6.07) is 0. The maximum absolute atomic E-state index is 10.8. The smallest absolute Gasteiger partial charge is 0.0594 e. The summed E-state index contributed by atoms with van der Waals surface area (Å²) in [6.07, 6.45) is 13.2. The number of hydrogen-bond donors (Lipinski definition) is 2. The van der Waals surface area contributed by atoms with Gasteiger partial charge in [0.25, 0.3) is 0 Å². The van der Waals surface area contributed by atoms with Crippen molar-refractivity contribution < 1.29 is 10.2 Å². The molecule has 184 valence electrons. The molecule has 0 amide bonds. The summed E-state index contributed by atoms with van der Waals surface area (Å²) in [4.78, 5) is 0. The topological polar surface area (TPSA) is 40.5 Å². The molecule has 2 heteroatoms. The van der Waals surface area contributed by atoms with E-state index in [2.05, 4.69) is 41.5 Å². The maximum atomic E-state index is 10.8. The first-order valence-electron chi connectivity index (χ1n) is 13.8. The van der Waals surface area contributed by atoms with Crippen molar-refractivity contribution in [2.45, 2.75) is 138 Å². The molecule has 0 saturated heterocycles. The first-order valence-corrected chi connectivity index (χ1v) is 13.8. The number of aliphatic hydroxyl groups excluding tert-OH is 1. The third kappa shape index (κ3) is 3.57. The van der Waals surface area contributed by atoms with Crippen molar-refractivity contribution in [1.29, 1.82) is 0 Å². The van der Waals surface area contributed by atoms with Crippen LogP contribution in [0.4, 0.5) is 0 Å². The van der Waals surface area contributed by atoms with E-state index in [1.807, 2.05) is 25.0 Å². The fraction of sp³-hybridized carbons (Fsp3) is 0.933. The van der Waals surface area contributed by atoms with Gasteiger partial charge in [0.2, 0.25) is 0 Å². The molecule has 0 radical (unpaired) electrons. The Kier molecular flexibility index (Phi) is 6.07. The Morgan fingerprint density at radius 3 is 2.28 bits per heavy atom. The van der Waals surface area contributed by atoms with Gasteiger partial charge < -0.3 is 10.2 Å². The van der Waals surface area contributed by atoms with E-state index in [1.54, 1.807) is 0 Å². The van der Waals surface area contributed by atoms with Gasteiger partial charge in [0.15, 0.2) is 0 Å². The number of allylic oxidation sites excluding steroid dienone is 2. The van der Waals surface area contributed by atoms with Gasteiger partial charge >= 0.3 is 0 Å². The van der Waals surface area contributed by atoms with E-state index >= 15 is 0 Å². The molecule has 4 aliphatic carbocycles. The van der Waals surface area contributed by atoms with Crippen molar-refractivity contribution in [3.63, 3.8) is 0 Å². The van der Waals surface area contributed by atoms with Gasteiger partial charge in [-0.2, -0.15) is 0 Å². The van der Waals surface area contributed by atoms with E-state index < -0.39 is 5.60 Å². The molecule has 7 atom stereocenters. The summed E-state index contributed by atoms with van der Waals surface area (Å²) < 4.78 is 0. The molecule has 2 nitrogen and oxygen atoms in total. The fourth-order valence-corrected chi connectivity index (χ4v) is 9.69. The van der Waals surface area contributed by atoms with Gasteiger partial charge in [-0.15, -0.1) is 0 Å². The summed E-state index contributed by atoms with van der Waals surface area (Å²) in [6.45, 7) is 18.9. The molecule has 0 aromatic rings. The normalized spacial score (nSPS) is 44.6. The molecule has 2 N–H and O–H groups in total. The molecule has 0 spiro atoms. The van der Waals surface area contributed by atoms with Crippen LogP contribution in [0, 0.1) is 39.4 Å². The average molecular weight is 445 g/mol. The standard InChI is InChI=1S/C30H52O2/c1-20(10-9-16-26(2,3)32)21-13-18-30(8)23-11-12-24-27(4,5)25(31)15-17-28(24,6)22(23)14-19-29(21,30)7/h20-21,24-25,31-32H,9-19H2,1-8H3/t20-,21-,24+,25+,28-,29-,30+/m1/s1. The summed E-state index contributed by atoms with van der Waals surface area (Å²) in [7, 11) is 0. The molecular formula is C30H52O2. The Bertz CT molecular complexity index is 757. The molecule has 2 saturated carbocycles. The van der Waals surface area contributed by atoms with Crippen LogP contribution in [-0.4, -0.2) is 21.9 Å². The van der Waals surface area contributed by atoms with Crippen LogP contribution in [0.15, 0.2) is 11.1 Å². The number of fused-ring (bicyclic) bond motifs is 4. The van der Waals surface area contributed by atoms with Crippen molar-refractivity contribution in [1.82, 2.24) is 0 Å². The molecular weight excluding hydrogens is 392 g/mol. The SMILES string of the molecule is C[C@H](CCCC(C)(C)O)[C@H]1CC[C@@]2(C)C3=C(CC[C@]12C)[C@@]1(C)CC[C@H](O)C(C)(C)[C@@H]1CC3. The van der Waals surface area contributed by atoms with Gasteiger partial charge in [0, 0.05) is 0 Å². The zero-order valence-corrected chi connectivity index (χ0v) is 22.5. The lowest BCUT2D eigenvalue weighted by Crippen LogP contribution is -2.55. The molecule has 0 unspecified atom stereocenters. The Hall–Kier alpha value is -0.340. The van der Waals surface area contributed by atoms with Crippen molar-refractivity contribution in [3.05, 3.63) is 11.1 Å². The van der Waals surface area contributed by atoms with Crippen LogP contribution < -0.4 is 0 Å². The molecule has 0 bridgehead atoms. The lowest BCUT2D eigenvalue weighted by atomic mass is 9.43. The summed E-state index contributed by atoms with van der Waals surface area (Å²) in [5, 5.41) is 21.0. The molecule has 0 aromatic heterocycles. The molecule has 4 rings (SSSR count). The van der Waals surface area contributed by atoms with Gasteiger partial charge in [-0.3, -0.25) is 0 Å². The highest BCUT2D eigenvalue weighted by Crippen LogP contribution is 2.72. The van der Waals surface area contributed by atoms with Crippen molar-refractivity contribution in [2.24, 2.45) is 39.4 Å². The van der Waals surface area contributed by atoms with Gasteiger partial charge in [-0.25, -0.2) is 0 Å². The first-order chi connectivity index (χ1) is 14.7. The maximum Gasteiger partial charge on any atom is 0.0594 e. The number of rotatable bonds is 5. The van der Waals surface area contributed by atoms with Gasteiger partial charge in [0.1, 0.15) is 0 Å². The van der Waals surface area contributed by atoms with Crippen LogP contribution in [0.3, 0.4) is 0 Å².